The quantitative estimate of drug-likeness (QED) is 0.783. The summed E-state index contributed by atoms with van der Waals surface area (Å²) in [7, 11) is 0. The van der Waals surface area contributed by atoms with Crippen LogP contribution in [-0.4, -0.2) is 35.7 Å². The van der Waals surface area contributed by atoms with Crippen molar-refractivity contribution in [1.82, 2.24) is 4.90 Å². The lowest BCUT2D eigenvalue weighted by molar-refractivity contribution is 0.113. The van der Waals surface area contributed by atoms with Crippen molar-refractivity contribution < 1.29 is 5.11 Å². The lowest BCUT2D eigenvalue weighted by Crippen LogP contribution is -2.42. The lowest BCUT2D eigenvalue weighted by atomic mass is 9.91. The fraction of sp³-hybridized carbons (Fsp3) is 0.778. The van der Waals surface area contributed by atoms with E-state index in [4.69, 9.17) is 5.11 Å². The zero-order chi connectivity index (χ0) is 8.97. The molecule has 0 atom stereocenters. The fourth-order valence-corrected chi connectivity index (χ4v) is 1.81. The van der Waals surface area contributed by atoms with Gasteiger partial charge in [-0.2, -0.15) is 0 Å². The molecule has 12 heavy (non-hydrogen) atoms. The summed E-state index contributed by atoms with van der Waals surface area (Å²) in [5.74, 6) is 0. The van der Waals surface area contributed by atoms with Crippen molar-refractivity contribution in [3.05, 3.63) is 11.1 Å². The molecular formula is C9H16BrNO. The lowest BCUT2D eigenvalue weighted by Gasteiger charge is -2.37. The van der Waals surface area contributed by atoms with Gasteiger partial charge in [-0.1, -0.05) is 28.9 Å². The molecule has 1 N–H and O–H groups in total. The summed E-state index contributed by atoms with van der Waals surface area (Å²) in [6.07, 6.45) is 3.89. The Morgan fingerprint density at radius 1 is 1.58 bits per heavy atom. The molecular weight excluding hydrogens is 218 g/mol. The predicted molar refractivity (Wildman–Crippen MR) is 54.4 cm³/mol. The molecule has 1 aliphatic rings. The number of halogens is 1. The molecule has 0 spiro atoms. The normalized spacial score (nSPS) is 17.9. The van der Waals surface area contributed by atoms with Crippen molar-refractivity contribution in [3.63, 3.8) is 0 Å². The molecule has 1 fully saturated rings. The summed E-state index contributed by atoms with van der Waals surface area (Å²) in [5, 5.41) is 8.83. The Morgan fingerprint density at radius 3 is 2.58 bits per heavy atom. The van der Waals surface area contributed by atoms with Gasteiger partial charge < -0.3 is 5.11 Å². The van der Waals surface area contributed by atoms with Crippen LogP contribution in [-0.2, 0) is 0 Å². The minimum atomic E-state index is 0.247. The number of aliphatic hydroxyl groups is 1. The Kier molecular flexibility index (Phi) is 4.26. The van der Waals surface area contributed by atoms with Gasteiger partial charge in [0.05, 0.1) is 6.61 Å². The highest BCUT2D eigenvalue weighted by Gasteiger charge is 2.24. The topological polar surface area (TPSA) is 23.5 Å². The molecule has 0 radical (unpaired) electrons. The van der Waals surface area contributed by atoms with Gasteiger partial charge in [0.15, 0.2) is 0 Å². The van der Waals surface area contributed by atoms with Gasteiger partial charge in [0.25, 0.3) is 0 Å². The molecule has 1 rings (SSSR count). The molecule has 0 aliphatic heterocycles. The van der Waals surface area contributed by atoms with Crippen LogP contribution in [0.15, 0.2) is 11.1 Å². The molecule has 2 nitrogen and oxygen atoms in total. The molecule has 0 aromatic heterocycles. The van der Waals surface area contributed by atoms with Crippen molar-refractivity contribution in [2.45, 2.75) is 25.3 Å². The molecule has 0 saturated heterocycles. The summed E-state index contributed by atoms with van der Waals surface area (Å²) in [4.78, 5) is 2.29. The highest BCUT2D eigenvalue weighted by molar-refractivity contribution is 9.11. The monoisotopic (exact) mass is 233 g/mol. The Morgan fingerprint density at radius 2 is 2.25 bits per heavy atom. The van der Waals surface area contributed by atoms with Crippen LogP contribution in [0, 0.1) is 0 Å². The number of hydrogen-bond acceptors (Lipinski definition) is 2. The summed E-state index contributed by atoms with van der Waals surface area (Å²) in [6.45, 7) is 5.70. The molecule has 0 aromatic carbocycles. The second-order valence-electron chi connectivity index (χ2n) is 3.30. The van der Waals surface area contributed by atoms with E-state index in [9.17, 15) is 0 Å². The summed E-state index contributed by atoms with van der Waals surface area (Å²) < 4.78 is 1.00. The Bertz CT molecular complexity index is 157. The largest absolute Gasteiger partial charge is 0.395 e. The second-order valence-corrected chi connectivity index (χ2v) is 4.42. The van der Waals surface area contributed by atoms with Gasteiger partial charge in [0.1, 0.15) is 0 Å². The van der Waals surface area contributed by atoms with Gasteiger partial charge in [-0.3, -0.25) is 4.90 Å². The second kappa shape index (κ2) is 5.00. The van der Waals surface area contributed by atoms with E-state index in [1.807, 2.05) is 0 Å². The molecule has 0 unspecified atom stereocenters. The molecule has 0 bridgehead atoms. The number of aliphatic hydroxyl groups excluding tert-OH is 1. The first-order chi connectivity index (χ1) is 5.74. The molecule has 1 aliphatic carbocycles. The van der Waals surface area contributed by atoms with E-state index in [0.29, 0.717) is 6.04 Å². The first-order valence-electron chi connectivity index (χ1n) is 4.42. The summed E-state index contributed by atoms with van der Waals surface area (Å²) >= 11 is 3.35. The van der Waals surface area contributed by atoms with E-state index in [1.165, 1.54) is 19.3 Å². The third-order valence-corrected chi connectivity index (χ3v) is 2.60. The Labute approximate surface area is 82.4 Å². The predicted octanol–water partition coefficient (Wildman–Crippen LogP) is 1.74. The van der Waals surface area contributed by atoms with Gasteiger partial charge in [-0.05, 0) is 12.8 Å². The van der Waals surface area contributed by atoms with Crippen LogP contribution in [0.5, 0.6) is 0 Å². The summed E-state index contributed by atoms with van der Waals surface area (Å²) in [5.41, 5.74) is 0. The minimum absolute atomic E-state index is 0.247. The van der Waals surface area contributed by atoms with Crippen molar-refractivity contribution in [2.24, 2.45) is 0 Å². The number of hydrogen-bond donors (Lipinski definition) is 1. The molecule has 1 saturated carbocycles. The van der Waals surface area contributed by atoms with Crippen LogP contribution < -0.4 is 0 Å². The average molecular weight is 234 g/mol. The SMILES string of the molecule is C=C(Br)CN(CCO)C1CCC1. The third-order valence-electron chi connectivity index (χ3n) is 2.35. The standard InChI is InChI=1S/C9H16BrNO/c1-8(10)7-11(5-6-12)9-3-2-4-9/h9,12H,1-7H2. The summed E-state index contributed by atoms with van der Waals surface area (Å²) in [6, 6.07) is 0.687. The number of nitrogens with zero attached hydrogens (tertiary/aromatic N) is 1. The van der Waals surface area contributed by atoms with Gasteiger partial charge in [0.2, 0.25) is 0 Å². The van der Waals surface area contributed by atoms with Crippen molar-refractivity contribution in [3.8, 4) is 0 Å². The van der Waals surface area contributed by atoms with E-state index in [2.05, 4.69) is 27.4 Å². The first-order valence-corrected chi connectivity index (χ1v) is 5.21. The maximum atomic E-state index is 8.83. The van der Waals surface area contributed by atoms with Crippen molar-refractivity contribution in [1.29, 1.82) is 0 Å². The van der Waals surface area contributed by atoms with E-state index in [0.717, 1.165) is 17.6 Å². The van der Waals surface area contributed by atoms with Crippen molar-refractivity contribution in [2.75, 3.05) is 19.7 Å². The van der Waals surface area contributed by atoms with Crippen LogP contribution in [0.25, 0.3) is 0 Å². The van der Waals surface area contributed by atoms with Crippen LogP contribution in [0.1, 0.15) is 19.3 Å². The van der Waals surface area contributed by atoms with E-state index in [-0.39, 0.29) is 6.61 Å². The molecule has 0 aromatic rings. The Balaban J connectivity index is 2.31. The van der Waals surface area contributed by atoms with Crippen LogP contribution in [0.4, 0.5) is 0 Å². The van der Waals surface area contributed by atoms with Gasteiger partial charge >= 0.3 is 0 Å². The van der Waals surface area contributed by atoms with E-state index in [1.54, 1.807) is 0 Å². The highest BCUT2D eigenvalue weighted by atomic mass is 79.9. The smallest absolute Gasteiger partial charge is 0.0558 e. The van der Waals surface area contributed by atoms with E-state index >= 15 is 0 Å². The molecule has 0 heterocycles. The Hall–Kier alpha value is 0.140. The molecule has 70 valence electrons. The zero-order valence-corrected chi connectivity index (χ0v) is 8.89. The number of rotatable bonds is 5. The third kappa shape index (κ3) is 2.88. The van der Waals surface area contributed by atoms with Gasteiger partial charge in [-0.15, -0.1) is 0 Å². The maximum Gasteiger partial charge on any atom is 0.0558 e. The van der Waals surface area contributed by atoms with Gasteiger partial charge in [0, 0.05) is 23.6 Å². The molecule has 3 heteroatoms. The maximum absolute atomic E-state index is 8.83. The van der Waals surface area contributed by atoms with E-state index < -0.39 is 0 Å². The molecule has 0 amide bonds. The van der Waals surface area contributed by atoms with Crippen LogP contribution in [0.2, 0.25) is 0 Å². The average Bonchev–Trinajstić information content (AvgIpc) is 1.81. The highest BCUT2D eigenvalue weighted by Crippen LogP contribution is 2.25. The zero-order valence-electron chi connectivity index (χ0n) is 7.30. The first kappa shape index (κ1) is 10.2. The van der Waals surface area contributed by atoms with Crippen LogP contribution in [0.3, 0.4) is 0 Å². The van der Waals surface area contributed by atoms with Crippen LogP contribution >= 0.6 is 15.9 Å². The minimum Gasteiger partial charge on any atom is -0.395 e. The fourth-order valence-electron chi connectivity index (χ4n) is 1.49. The van der Waals surface area contributed by atoms with Crippen molar-refractivity contribution >= 4 is 15.9 Å². The van der Waals surface area contributed by atoms with Gasteiger partial charge in [-0.25, -0.2) is 0 Å².